The number of ether oxygens (including phenoxy) is 1. The van der Waals surface area contributed by atoms with Crippen LogP contribution in [0.5, 0.6) is 5.75 Å². The summed E-state index contributed by atoms with van der Waals surface area (Å²) in [5.41, 5.74) is 1.32. The number of nitrogens with one attached hydrogen (secondary N) is 2. The minimum atomic E-state index is -0.902. The van der Waals surface area contributed by atoms with E-state index in [2.05, 4.69) is 15.8 Å². The fraction of sp³-hybridized carbons (Fsp3) is 0.692. The number of carbonyl (C=O) groups is 2. The van der Waals surface area contributed by atoms with Gasteiger partial charge in [0.1, 0.15) is 18.4 Å². The smallest absolute Gasteiger partial charge is 0.252 e. The molecule has 11 heteroatoms. The Hall–Kier alpha value is -2.60. The maximum atomic E-state index is 12.9. The van der Waals surface area contributed by atoms with Crippen LogP contribution in [0.2, 0.25) is 0 Å². The number of aliphatic hydroxyl groups is 4. The van der Waals surface area contributed by atoms with E-state index in [0.717, 1.165) is 0 Å². The molecule has 0 aliphatic heterocycles. The normalized spacial score (nSPS) is 10.6. The number of nitroso groups, excluding NO2 is 1. The lowest BCUT2D eigenvalue weighted by Gasteiger charge is -2.25. The topological polar surface area (TPSA) is 178 Å². The standard InChI is InChI=1S/C20H31N3O8.3C2H6/c1-10(5-21-30)31-18-12(3)16(19(28)22-14(6-24)7-25)11(2)17(13(18)4)20(29)23-15(8-26)9-27;3*1-2/h10,14-15,24-27H,5-9H2,1-4H3,(H,22,28)(H,23,29);3*1-2H3. The highest BCUT2D eigenvalue weighted by atomic mass is 16.5. The molecule has 0 aliphatic carbocycles. The van der Waals surface area contributed by atoms with Gasteiger partial charge in [-0.05, 0) is 33.3 Å². The number of hydrogen-bond donors (Lipinski definition) is 6. The first-order valence-electron chi connectivity index (χ1n) is 12.8. The van der Waals surface area contributed by atoms with Crippen LogP contribution in [0.25, 0.3) is 0 Å². The second-order valence-corrected chi connectivity index (χ2v) is 7.27. The average Bonchev–Trinajstić information content (AvgIpc) is 2.91. The van der Waals surface area contributed by atoms with Gasteiger partial charge in [0.25, 0.3) is 11.8 Å². The van der Waals surface area contributed by atoms with Crippen molar-refractivity contribution >= 4 is 11.8 Å². The maximum Gasteiger partial charge on any atom is 0.252 e. The van der Waals surface area contributed by atoms with Gasteiger partial charge in [0.2, 0.25) is 0 Å². The molecule has 0 heterocycles. The van der Waals surface area contributed by atoms with Gasteiger partial charge in [-0.2, -0.15) is 4.91 Å². The van der Waals surface area contributed by atoms with E-state index in [-0.39, 0.29) is 23.4 Å². The highest BCUT2D eigenvalue weighted by Crippen LogP contribution is 2.34. The van der Waals surface area contributed by atoms with Crippen molar-refractivity contribution < 1.29 is 34.8 Å². The molecule has 1 aromatic rings. The molecule has 1 atom stereocenters. The Bertz CT molecular complexity index is 742. The van der Waals surface area contributed by atoms with Crippen molar-refractivity contribution in [2.24, 2.45) is 5.18 Å². The van der Waals surface area contributed by atoms with Crippen LogP contribution in [0.1, 0.15) is 85.9 Å². The number of aliphatic hydroxyl groups excluding tert-OH is 4. The Balaban J connectivity index is -0.00000179. The Kier molecular flexibility index (Phi) is 23.8. The Morgan fingerprint density at radius 1 is 0.730 bits per heavy atom. The van der Waals surface area contributed by atoms with E-state index in [4.69, 9.17) is 4.74 Å². The van der Waals surface area contributed by atoms with Gasteiger partial charge < -0.3 is 35.8 Å². The first-order chi connectivity index (χ1) is 17.7. The van der Waals surface area contributed by atoms with E-state index >= 15 is 0 Å². The number of amides is 2. The molecule has 37 heavy (non-hydrogen) atoms. The van der Waals surface area contributed by atoms with Gasteiger partial charge in [0, 0.05) is 22.3 Å². The van der Waals surface area contributed by atoms with Crippen LogP contribution >= 0.6 is 0 Å². The molecule has 2 amide bonds. The fourth-order valence-electron chi connectivity index (χ4n) is 3.21. The quantitative estimate of drug-likeness (QED) is 0.223. The Morgan fingerprint density at radius 2 is 1.05 bits per heavy atom. The second-order valence-electron chi connectivity index (χ2n) is 7.27. The summed E-state index contributed by atoms with van der Waals surface area (Å²) in [5, 5.41) is 44.9. The third-order valence-electron chi connectivity index (χ3n) is 4.84. The number of rotatable bonds is 12. The van der Waals surface area contributed by atoms with Crippen LogP contribution in [0, 0.1) is 25.7 Å². The van der Waals surface area contributed by atoms with Crippen LogP contribution in [-0.2, 0) is 0 Å². The summed E-state index contributed by atoms with van der Waals surface area (Å²) in [4.78, 5) is 36.5. The summed E-state index contributed by atoms with van der Waals surface area (Å²) < 4.78 is 5.82. The van der Waals surface area contributed by atoms with Crippen LogP contribution < -0.4 is 15.4 Å². The molecule has 0 spiro atoms. The number of nitrogens with zero attached hydrogens (tertiary/aromatic N) is 1. The van der Waals surface area contributed by atoms with Crippen LogP contribution in [0.4, 0.5) is 0 Å². The summed E-state index contributed by atoms with van der Waals surface area (Å²) >= 11 is 0. The van der Waals surface area contributed by atoms with Gasteiger partial charge in [-0.15, -0.1) is 0 Å². The molecular weight excluding hydrogens is 482 g/mol. The van der Waals surface area contributed by atoms with E-state index in [0.29, 0.717) is 16.7 Å². The molecule has 216 valence electrons. The summed E-state index contributed by atoms with van der Waals surface area (Å²) in [6, 6.07) is -1.80. The fourth-order valence-corrected chi connectivity index (χ4v) is 3.21. The third kappa shape index (κ3) is 12.0. The van der Waals surface area contributed by atoms with Crippen molar-refractivity contribution in [2.75, 3.05) is 33.0 Å². The summed E-state index contributed by atoms with van der Waals surface area (Å²) in [5.74, 6) is -1.06. The van der Waals surface area contributed by atoms with Gasteiger partial charge in [0.15, 0.2) is 0 Å². The molecule has 0 aliphatic rings. The molecule has 1 rings (SSSR count). The van der Waals surface area contributed by atoms with Crippen molar-refractivity contribution in [3.05, 3.63) is 32.7 Å². The molecule has 0 bridgehead atoms. The van der Waals surface area contributed by atoms with Crippen LogP contribution in [0.3, 0.4) is 0 Å². The molecule has 0 saturated heterocycles. The Morgan fingerprint density at radius 3 is 1.32 bits per heavy atom. The van der Waals surface area contributed by atoms with Gasteiger partial charge in [-0.3, -0.25) is 9.59 Å². The van der Waals surface area contributed by atoms with E-state index in [9.17, 15) is 34.9 Å². The molecule has 0 radical (unpaired) electrons. The van der Waals surface area contributed by atoms with Crippen molar-refractivity contribution in [2.45, 2.75) is 87.4 Å². The highest BCUT2D eigenvalue weighted by Gasteiger charge is 2.28. The summed E-state index contributed by atoms with van der Waals surface area (Å²) in [7, 11) is 0. The van der Waals surface area contributed by atoms with Crippen molar-refractivity contribution in [1.29, 1.82) is 0 Å². The van der Waals surface area contributed by atoms with E-state index in [1.807, 2.05) is 41.5 Å². The molecule has 0 fully saturated rings. The largest absolute Gasteiger partial charge is 0.488 e. The van der Waals surface area contributed by atoms with Gasteiger partial charge >= 0.3 is 0 Å². The molecule has 11 nitrogen and oxygen atoms in total. The van der Waals surface area contributed by atoms with Crippen molar-refractivity contribution in [3.63, 3.8) is 0 Å². The predicted octanol–water partition coefficient (Wildman–Crippen LogP) is 2.39. The first-order valence-corrected chi connectivity index (χ1v) is 12.8. The van der Waals surface area contributed by atoms with E-state index in [1.54, 1.807) is 27.7 Å². The zero-order chi connectivity index (χ0) is 29.7. The minimum Gasteiger partial charge on any atom is -0.488 e. The number of carbonyl (C=O) groups excluding carboxylic acids is 2. The minimum absolute atomic E-state index is 0.105. The Labute approximate surface area is 221 Å². The molecule has 6 N–H and O–H groups in total. The molecular formula is C26H49N3O8. The van der Waals surface area contributed by atoms with Crippen molar-refractivity contribution in [1.82, 2.24) is 10.6 Å². The predicted molar refractivity (Wildman–Crippen MR) is 146 cm³/mol. The van der Waals surface area contributed by atoms with Crippen LogP contribution in [0.15, 0.2) is 5.18 Å². The van der Waals surface area contributed by atoms with Gasteiger partial charge in [-0.25, -0.2) is 0 Å². The van der Waals surface area contributed by atoms with Crippen LogP contribution in [-0.4, -0.2) is 83.4 Å². The van der Waals surface area contributed by atoms with Gasteiger partial charge in [-0.1, -0.05) is 46.7 Å². The SMILES string of the molecule is CC.CC.CC.Cc1c(OC(C)CN=O)c(C)c(C(=O)NC(CO)CO)c(C)c1C(=O)NC(CO)CO. The zero-order valence-corrected chi connectivity index (χ0v) is 24.1. The lowest BCUT2D eigenvalue weighted by molar-refractivity contribution is 0.0873. The molecule has 1 unspecified atom stereocenters. The first kappa shape index (κ1) is 38.9. The van der Waals surface area contributed by atoms with E-state index in [1.165, 1.54) is 0 Å². The summed E-state index contributed by atoms with van der Waals surface area (Å²) in [6.45, 7) is 16.3. The summed E-state index contributed by atoms with van der Waals surface area (Å²) in [6.07, 6.45) is -0.630. The molecule has 0 saturated carbocycles. The molecule has 0 aromatic heterocycles. The van der Waals surface area contributed by atoms with Crippen molar-refractivity contribution in [3.8, 4) is 5.75 Å². The number of benzene rings is 1. The zero-order valence-electron chi connectivity index (χ0n) is 24.1. The lowest BCUT2D eigenvalue weighted by atomic mass is 9.90. The molecule has 1 aromatic carbocycles. The second kappa shape index (κ2) is 22.6. The highest BCUT2D eigenvalue weighted by molar-refractivity contribution is 6.05. The number of hydrogen-bond acceptors (Lipinski definition) is 9. The van der Waals surface area contributed by atoms with Gasteiger partial charge in [0.05, 0.1) is 38.5 Å². The lowest BCUT2D eigenvalue weighted by Crippen LogP contribution is -2.42. The maximum absolute atomic E-state index is 12.9. The third-order valence-corrected chi connectivity index (χ3v) is 4.84. The average molecular weight is 532 g/mol. The van der Waals surface area contributed by atoms with E-state index < -0.39 is 56.4 Å². The monoisotopic (exact) mass is 531 g/mol.